The number of nitrogens with zero attached hydrogens (tertiary/aromatic N) is 1. The largest absolute Gasteiger partial charge is 0.240 e. The summed E-state index contributed by atoms with van der Waals surface area (Å²) in [6.07, 6.45) is 8.47. The fourth-order valence-electron chi connectivity index (χ4n) is 2.32. The Labute approximate surface area is 68.7 Å². The molecule has 2 rings (SSSR count). The first-order valence-electron chi connectivity index (χ1n) is 4.89. The van der Waals surface area contributed by atoms with Gasteiger partial charge in [0.05, 0.1) is 0 Å². The van der Waals surface area contributed by atoms with E-state index in [1.165, 1.54) is 38.5 Å². The van der Waals surface area contributed by atoms with E-state index in [0.29, 0.717) is 6.04 Å². The molecule has 2 fully saturated rings. The predicted molar refractivity (Wildman–Crippen MR) is 45.1 cm³/mol. The Morgan fingerprint density at radius 1 is 1.00 bits per heavy atom. The molecule has 63 valence electrons. The van der Waals surface area contributed by atoms with Crippen LogP contribution in [0.4, 0.5) is 0 Å². The van der Waals surface area contributed by atoms with Gasteiger partial charge in [0, 0.05) is 12.6 Å². The lowest BCUT2D eigenvalue weighted by Gasteiger charge is -2.25. The van der Waals surface area contributed by atoms with Crippen molar-refractivity contribution in [3.05, 3.63) is 0 Å². The average Bonchev–Trinajstić information content (AvgIpc) is 2.58. The second-order valence-electron chi connectivity index (χ2n) is 3.79. The standard InChI is InChI=1S/C9H17N2/c1-2-4-8(5-3-1)9-6-7-10-11-9/h8-10H,1-7H2. The summed E-state index contributed by atoms with van der Waals surface area (Å²) in [4.78, 5) is 0. The summed E-state index contributed by atoms with van der Waals surface area (Å²) in [5.41, 5.74) is 7.50. The Kier molecular flexibility index (Phi) is 2.44. The lowest BCUT2D eigenvalue weighted by atomic mass is 9.83. The third-order valence-corrected chi connectivity index (χ3v) is 3.00. The summed E-state index contributed by atoms with van der Waals surface area (Å²) in [7, 11) is 0. The number of nitrogens with one attached hydrogen (secondary N) is 1. The summed E-state index contributed by atoms with van der Waals surface area (Å²) in [5.74, 6) is 0.916. The first kappa shape index (κ1) is 7.56. The van der Waals surface area contributed by atoms with E-state index in [1.54, 1.807) is 0 Å². The number of hydrogen-bond donors (Lipinski definition) is 1. The van der Waals surface area contributed by atoms with E-state index in [4.69, 9.17) is 0 Å². The summed E-state index contributed by atoms with van der Waals surface area (Å²) in [6, 6.07) is 0.662. The minimum Gasteiger partial charge on any atom is -0.240 e. The van der Waals surface area contributed by atoms with Gasteiger partial charge in [-0.15, -0.1) is 0 Å². The highest BCUT2D eigenvalue weighted by atomic mass is 15.4. The minimum absolute atomic E-state index is 0.662. The Bertz CT molecular complexity index is 113. The Morgan fingerprint density at radius 3 is 2.45 bits per heavy atom. The van der Waals surface area contributed by atoms with E-state index in [1.807, 2.05) is 0 Å². The van der Waals surface area contributed by atoms with Crippen LogP contribution in [0, 0.1) is 5.92 Å². The zero-order valence-corrected chi connectivity index (χ0v) is 7.05. The van der Waals surface area contributed by atoms with E-state index < -0.39 is 0 Å². The van der Waals surface area contributed by atoms with Gasteiger partial charge in [0.15, 0.2) is 0 Å². The zero-order chi connectivity index (χ0) is 7.52. The molecule has 1 heterocycles. The van der Waals surface area contributed by atoms with Crippen LogP contribution in [-0.4, -0.2) is 12.6 Å². The lowest BCUT2D eigenvalue weighted by molar-refractivity contribution is 0.278. The zero-order valence-electron chi connectivity index (χ0n) is 7.05. The molecular formula is C9H17N2. The van der Waals surface area contributed by atoms with E-state index in [0.717, 1.165) is 12.5 Å². The fourth-order valence-corrected chi connectivity index (χ4v) is 2.32. The normalized spacial score (nSPS) is 34.4. The maximum absolute atomic E-state index is 4.41. The highest BCUT2D eigenvalue weighted by molar-refractivity contribution is 4.81. The molecule has 2 heteroatoms. The van der Waals surface area contributed by atoms with Crippen molar-refractivity contribution in [3.63, 3.8) is 0 Å². The third kappa shape index (κ3) is 1.74. The molecule has 1 saturated carbocycles. The molecule has 1 aliphatic heterocycles. The molecule has 0 bridgehead atoms. The van der Waals surface area contributed by atoms with Gasteiger partial charge in [-0.1, -0.05) is 19.3 Å². The number of rotatable bonds is 1. The molecule has 1 radical (unpaired) electrons. The Morgan fingerprint density at radius 2 is 1.82 bits per heavy atom. The Balaban J connectivity index is 1.82. The topological polar surface area (TPSA) is 26.1 Å². The van der Waals surface area contributed by atoms with E-state index in [2.05, 4.69) is 10.9 Å². The smallest absolute Gasteiger partial charge is 0.0457 e. The van der Waals surface area contributed by atoms with Crippen LogP contribution in [0.5, 0.6) is 0 Å². The maximum atomic E-state index is 4.41. The molecule has 0 aromatic rings. The van der Waals surface area contributed by atoms with Crippen molar-refractivity contribution in [3.8, 4) is 0 Å². The lowest BCUT2D eigenvalue weighted by Crippen LogP contribution is -2.30. The minimum atomic E-state index is 0.662. The molecule has 1 atom stereocenters. The summed E-state index contributed by atoms with van der Waals surface area (Å²) >= 11 is 0. The van der Waals surface area contributed by atoms with Gasteiger partial charge < -0.3 is 0 Å². The first-order chi connectivity index (χ1) is 5.47. The van der Waals surface area contributed by atoms with Crippen LogP contribution < -0.4 is 10.9 Å². The van der Waals surface area contributed by atoms with Crippen LogP contribution in [0.2, 0.25) is 0 Å². The highest BCUT2D eigenvalue weighted by Gasteiger charge is 2.26. The van der Waals surface area contributed by atoms with Crippen molar-refractivity contribution in [2.24, 2.45) is 5.92 Å². The van der Waals surface area contributed by atoms with Crippen molar-refractivity contribution in [2.75, 3.05) is 6.54 Å². The molecule has 1 unspecified atom stereocenters. The van der Waals surface area contributed by atoms with Crippen LogP contribution in [-0.2, 0) is 0 Å². The molecule has 2 aliphatic rings. The van der Waals surface area contributed by atoms with Crippen LogP contribution in [0.15, 0.2) is 0 Å². The quantitative estimate of drug-likeness (QED) is 0.606. The third-order valence-electron chi connectivity index (χ3n) is 3.00. The van der Waals surface area contributed by atoms with Gasteiger partial charge in [-0.05, 0) is 25.2 Å². The van der Waals surface area contributed by atoms with Crippen molar-refractivity contribution in [2.45, 2.75) is 44.6 Å². The van der Waals surface area contributed by atoms with Gasteiger partial charge >= 0.3 is 0 Å². The van der Waals surface area contributed by atoms with E-state index >= 15 is 0 Å². The molecule has 2 nitrogen and oxygen atoms in total. The SMILES string of the molecule is C1CCC(C2CCN[N]2)CC1. The molecular weight excluding hydrogens is 136 g/mol. The summed E-state index contributed by atoms with van der Waals surface area (Å²) in [6.45, 7) is 1.11. The average molecular weight is 153 g/mol. The van der Waals surface area contributed by atoms with Crippen LogP contribution in [0.3, 0.4) is 0 Å². The van der Waals surface area contributed by atoms with E-state index in [9.17, 15) is 0 Å². The molecule has 1 N–H and O–H groups in total. The van der Waals surface area contributed by atoms with E-state index in [-0.39, 0.29) is 0 Å². The number of hydrogen-bond acceptors (Lipinski definition) is 1. The van der Waals surface area contributed by atoms with Crippen molar-refractivity contribution < 1.29 is 0 Å². The highest BCUT2D eigenvalue weighted by Crippen LogP contribution is 2.28. The van der Waals surface area contributed by atoms with Gasteiger partial charge in [0.2, 0.25) is 0 Å². The molecule has 11 heavy (non-hydrogen) atoms. The second kappa shape index (κ2) is 3.55. The van der Waals surface area contributed by atoms with Gasteiger partial charge in [0.1, 0.15) is 0 Å². The van der Waals surface area contributed by atoms with Gasteiger partial charge in [-0.25, -0.2) is 5.43 Å². The van der Waals surface area contributed by atoms with Crippen molar-refractivity contribution >= 4 is 0 Å². The summed E-state index contributed by atoms with van der Waals surface area (Å²) in [5, 5.41) is 0. The molecule has 1 aliphatic carbocycles. The molecule has 0 aromatic carbocycles. The van der Waals surface area contributed by atoms with Crippen LogP contribution >= 0.6 is 0 Å². The van der Waals surface area contributed by atoms with Crippen LogP contribution in [0.25, 0.3) is 0 Å². The second-order valence-corrected chi connectivity index (χ2v) is 3.79. The summed E-state index contributed by atoms with van der Waals surface area (Å²) < 4.78 is 0. The van der Waals surface area contributed by atoms with Crippen LogP contribution in [0.1, 0.15) is 38.5 Å². The van der Waals surface area contributed by atoms with Crippen molar-refractivity contribution in [1.82, 2.24) is 10.9 Å². The molecule has 1 saturated heterocycles. The first-order valence-corrected chi connectivity index (χ1v) is 4.89. The monoisotopic (exact) mass is 153 g/mol. The predicted octanol–water partition coefficient (Wildman–Crippen LogP) is 1.45. The molecule has 0 aromatic heterocycles. The van der Waals surface area contributed by atoms with Gasteiger partial charge in [0.25, 0.3) is 0 Å². The molecule has 0 amide bonds. The Hall–Kier alpha value is -0.0800. The fraction of sp³-hybridized carbons (Fsp3) is 1.00. The van der Waals surface area contributed by atoms with Gasteiger partial charge in [-0.2, -0.15) is 5.43 Å². The van der Waals surface area contributed by atoms with Gasteiger partial charge in [-0.3, -0.25) is 0 Å². The van der Waals surface area contributed by atoms with Crippen molar-refractivity contribution in [1.29, 1.82) is 0 Å². The maximum Gasteiger partial charge on any atom is 0.0457 e. The molecule has 0 spiro atoms.